The maximum atomic E-state index is 12.3. The summed E-state index contributed by atoms with van der Waals surface area (Å²) in [6.07, 6.45) is 1.71. The van der Waals surface area contributed by atoms with Crippen LogP contribution in [0.2, 0.25) is 5.02 Å². The van der Waals surface area contributed by atoms with Gasteiger partial charge in [0.2, 0.25) is 0 Å². The lowest BCUT2D eigenvalue weighted by molar-refractivity contribution is -1.02. The van der Waals surface area contributed by atoms with Gasteiger partial charge in [-0.05, 0) is 30.3 Å². The van der Waals surface area contributed by atoms with E-state index in [4.69, 9.17) is 20.8 Å². The van der Waals surface area contributed by atoms with Gasteiger partial charge in [-0.15, -0.1) is 0 Å². The van der Waals surface area contributed by atoms with Crippen LogP contribution >= 0.6 is 11.6 Å². The minimum atomic E-state index is -0.0231. The maximum absolute atomic E-state index is 12.3. The van der Waals surface area contributed by atoms with Crippen LogP contribution in [-0.2, 0) is 11.3 Å². The lowest BCUT2D eigenvalue weighted by Crippen LogP contribution is -3.28. The first-order valence-corrected chi connectivity index (χ1v) is 8.85. The summed E-state index contributed by atoms with van der Waals surface area (Å²) in [5.74, 6) is 1.61. The number of benzene rings is 1. The van der Waals surface area contributed by atoms with Crippen molar-refractivity contribution in [1.29, 1.82) is 0 Å². The van der Waals surface area contributed by atoms with E-state index in [2.05, 4.69) is 5.32 Å². The Kier molecular flexibility index (Phi) is 5.96. The molecule has 2 heterocycles. The van der Waals surface area contributed by atoms with Gasteiger partial charge >= 0.3 is 0 Å². The summed E-state index contributed by atoms with van der Waals surface area (Å²) in [7, 11) is 1.57. The largest absolute Gasteiger partial charge is 0.495 e. The molecular formula is C18H24ClN3O3+2. The van der Waals surface area contributed by atoms with Crippen LogP contribution in [0.5, 0.6) is 5.75 Å². The highest BCUT2D eigenvalue weighted by Gasteiger charge is 2.25. The minimum absolute atomic E-state index is 0.0231. The molecule has 0 radical (unpaired) electrons. The van der Waals surface area contributed by atoms with Crippen LogP contribution < -0.4 is 19.9 Å². The SMILES string of the molecule is COc1ccc(Cl)cc1NC(=O)C[NH+]1CC[NH+](Cc2ccco2)CC1. The van der Waals surface area contributed by atoms with Gasteiger partial charge in [0.15, 0.2) is 12.3 Å². The lowest BCUT2D eigenvalue weighted by Gasteiger charge is -2.28. The Hall–Kier alpha value is -2.02. The van der Waals surface area contributed by atoms with E-state index in [1.807, 2.05) is 12.1 Å². The lowest BCUT2D eigenvalue weighted by atomic mass is 10.2. The third kappa shape index (κ3) is 4.98. The fraction of sp³-hybridized carbons (Fsp3) is 0.389. The molecule has 3 N–H and O–H groups in total. The first-order valence-electron chi connectivity index (χ1n) is 8.47. The van der Waals surface area contributed by atoms with E-state index in [0.717, 1.165) is 38.5 Å². The molecule has 1 amide bonds. The van der Waals surface area contributed by atoms with Crippen LogP contribution in [0.3, 0.4) is 0 Å². The van der Waals surface area contributed by atoms with Crippen molar-refractivity contribution < 1.29 is 23.7 Å². The Balaban J connectivity index is 1.47. The molecule has 0 unspecified atom stereocenters. The fourth-order valence-electron chi connectivity index (χ4n) is 3.17. The topological polar surface area (TPSA) is 60.3 Å². The van der Waals surface area contributed by atoms with Gasteiger partial charge in [0.1, 0.15) is 38.5 Å². The average molecular weight is 366 g/mol. The van der Waals surface area contributed by atoms with E-state index in [0.29, 0.717) is 23.0 Å². The second kappa shape index (κ2) is 8.38. The summed E-state index contributed by atoms with van der Waals surface area (Å²) in [5, 5.41) is 3.47. The molecule has 25 heavy (non-hydrogen) atoms. The maximum Gasteiger partial charge on any atom is 0.279 e. The fourth-order valence-corrected chi connectivity index (χ4v) is 3.34. The van der Waals surface area contributed by atoms with Gasteiger partial charge in [-0.3, -0.25) is 4.79 Å². The van der Waals surface area contributed by atoms with Crippen LogP contribution in [0.4, 0.5) is 5.69 Å². The summed E-state index contributed by atoms with van der Waals surface area (Å²) in [6.45, 7) is 5.36. The zero-order valence-electron chi connectivity index (χ0n) is 14.3. The van der Waals surface area contributed by atoms with Gasteiger partial charge in [-0.1, -0.05) is 11.6 Å². The predicted octanol–water partition coefficient (Wildman–Crippen LogP) is -0.136. The number of carbonyl (C=O) groups is 1. The number of piperazine rings is 1. The smallest absolute Gasteiger partial charge is 0.279 e. The van der Waals surface area contributed by atoms with E-state index in [1.165, 1.54) is 9.80 Å². The van der Waals surface area contributed by atoms with E-state index in [-0.39, 0.29) is 5.91 Å². The number of furan rings is 1. The predicted molar refractivity (Wildman–Crippen MR) is 95.3 cm³/mol. The Morgan fingerprint density at radius 3 is 2.68 bits per heavy atom. The number of anilines is 1. The monoisotopic (exact) mass is 365 g/mol. The number of methoxy groups -OCH3 is 1. The van der Waals surface area contributed by atoms with Crippen molar-refractivity contribution >= 4 is 23.2 Å². The number of carbonyl (C=O) groups excluding carboxylic acids is 1. The molecular weight excluding hydrogens is 342 g/mol. The average Bonchev–Trinajstić information content (AvgIpc) is 3.10. The molecule has 1 fully saturated rings. The molecule has 134 valence electrons. The zero-order valence-corrected chi connectivity index (χ0v) is 15.1. The molecule has 7 heteroatoms. The second-order valence-corrected chi connectivity index (χ2v) is 6.76. The first kappa shape index (κ1) is 17.8. The molecule has 1 aliphatic heterocycles. The van der Waals surface area contributed by atoms with Gasteiger partial charge in [0.05, 0.1) is 19.1 Å². The van der Waals surface area contributed by atoms with Crippen molar-refractivity contribution in [1.82, 2.24) is 0 Å². The van der Waals surface area contributed by atoms with Crippen LogP contribution in [-0.4, -0.2) is 45.7 Å². The molecule has 6 nitrogen and oxygen atoms in total. The van der Waals surface area contributed by atoms with Gasteiger partial charge in [-0.2, -0.15) is 0 Å². The van der Waals surface area contributed by atoms with E-state index >= 15 is 0 Å². The summed E-state index contributed by atoms with van der Waals surface area (Å²) in [6, 6.07) is 9.13. The molecule has 1 saturated heterocycles. The number of rotatable bonds is 6. The van der Waals surface area contributed by atoms with Gasteiger partial charge in [0, 0.05) is 5.02 Å². The number of hydrogen-bond donors (Lipinski definition) is 3. The molecule has 1 aromatic heterocycles. The number of amides is 1. The van der Waals surface area contributed by atoms with Crippen molar-refractivity contribution in [3.63, 3.8) is 0 Å². The first-order chi connectivity index (χ1) is 12.1. The van der Waals surface area contributed by atoms with Crippen molar-refractivity contribution in [3.05, 3.63) is 47.4 Å². The van der Waals surface area contributed by atoms with Gasteiger partial charge in [0.25, 0.3) is 5.91 Å². The molecule has 1 aromatic carbocycles. The third-order valence-electron chi connectivity index (χ3n) is 4.51. The second-order valence-electron chi connectivity index (χ2n) is 6.33. The number of halogens is 1. The minimum Gasteiger partial charge on any atom is -0.495 e. The van der Waals surface area contributed by atoms with Gasteiger partial charge < -0.3 is 24.3 Å². The van der Waals surface area contributed by atoms with Crippen LogP contribution in [0.25, 0.3) is 0 Å². The van der Waals surface area contributed by atoms with Crippen molar-refractivity contribution in [3.8, 4) is 5.75 Å². The summed E-state index contributed by atoms with van der Waals surface area (Å²) in [5.41, 5.74) is 0.612. The molecule has 0 spiro atoms. The summed E-state index contributed by atoms with van der Waals surface area (Å²) in [4.78, 5) is 15.1. The van der Waals surface area contributed by atoms with Crippen LogP contribution in [0.1, 0.15) is 5.76 Å². The number of ether oxygens (including phenoxy) is 1. The Morgan fingerprint density at radius 2 is 2.00 bits per heavy atom. The molecule has 3 rings (SSSR count). The number of nitrogens with one attached hydrogen (secondary N) is 3. The molecule has 2 aromatic rings. The van der Waals surface area contributed by atoms with E-state index < -0.39 is 0 Å². The summed E-state index contributed by atoms with van der Waals surface area (Å²) < 4.78 is 10.7. The van der Waals surface area contributed by atoms with Crippen molar-refractivity contribution in [2.75, 3.05) is 45.2 Å². The third-order valence-corrected chi connectivity index (χ3v) is 4.75. The van der Waals surface area contributed by atoms with Crippen molar-refractivity contribution in [2.24, 2.45) is 0 Å². The molecule has 0 saturated carbocycles. The van der Waals surface area contributed by atoms with Crippen molar-refractivity contribution in [2.45, 2.75) is 6.54 Å². The highest BCUT2D eigenvalue weighted by Crippen LogP contribution is 2.27. The van der Waals surface area contributed by atoms with E-state index in [9.17, 15) is 4.79 Å². The Bertz CT molecular complexity index is 698. The molecule has 0 bridgehead atoms. The Labute approximate surface area is 152 Å². The molecule has 1 aliphatic rings. The quantitative estimate of drug-likeness (QED) is 0.668. The Morgan fingerprint density at radius 1 is 1.24 bits per heavy atom. The zero-order chi connectivity index (χ0) is 17.6. The van der Waals surface area contributed by atoms with Crippen LogP contribution in [0, 0.1) is 0 Å². The normalized spacial score (nSPS) is 20.2. The number of quaternary nitrogens is 2. The molecule has 0 atom stereocenters. The van der Waals surface area contributed by atoms with Crippen LogP contribution in [0.15, 0.2) is 41.0 Å². The van der Waals surface area contributed by atoms with Gasteiger partial charge in [-0.25, -0.2) is 0 Å². The highest BCUT2D eigenvalue weighted by atomic mass is 35.5. The summed E-state index contributed by atoms with van der Waals surface area (Å²) >= 11 is 6.00. The highest BCUT2D eigenvalue weighted by molar-refractivity contribution is 6.31. The number of hydrogen-bond acceptors (Lipinski definition) is 3. The standard InChI is InChI=1S/C18H22ClN3O3/c1-24-17-5-4-14(19)11-16(17)20-18(23)13-22-8-6-21(7-9-22)12-15-3-2-10-25-15/h2-5,10-11H,6-9,12-13H2,1H3,(H,20,23)/p+2. The molecule has 0 aliphatic carbocycles. The van der Waals surface area contributed by atoms with E-state index in [1.54, 1.807) is 31.6 Å².